The summed E-state index contributed by atoms with van der Waals surface area (Å²) in [5, 5.41) is 0. The third-order valence-electron chi connectivity index (χ3n) is 2.42. The van der Waals surface area contributed by atoms with Crippen LogP contribution in [0.15, 0.2) is 30.3 Å². The van der Waals surface area contributed by atoms with Gasteiger partial charge in [0.15, 0.2) is 0 Å². The van der Waals surface area contributed by atoms with Crippen molar-refractivity contribution in [3.8, 4) is 0 Å². The van der Waals surface area contributed by atoms with Gasteiger partial charge in [0.2, 0.25) is 0 Å². The summed E-state index contributed by atoms with van der Waals surface area (Å²) in [4.78, 5) is 21.5. The van der Waals surface area contributed by atoms with Crippen LogP contribution in [0, 0.1) is 12.8 Å². The number of ketones is 1. The molecule has 0 N–H and O–H groups in total. The zero-order valence-corrected chi connectivity index (χ0v) is 12.7. The Kier molecular flexibility index (Phi) is 10.3. The molecule has 3 nitrogen and oxygen atoms in total. The lowest BCUT2D eigenvalue weighted by Gasteiger charge is -2.02. The first-order valence-electron chi connectivity index (χ1n) is 6.94. The molecule has 0 amide bonds. The number of hydrogen-bond acceptors (Lipinski definition) is 3. The van der Waals surface area contributed by atoms with Crippen LogP contribution in [0.1, 0.15) is 45.6 Å². The van der Waals surface area contributed by atoms with Crippen molar-refractivity contribution >= 4 is 11.8 Å². The summed E-state index contributed by atoms with van der Waals surface area (Å²) in [7, 11) is 0. The van der Waals surface area contributed by atoms with Gasteiger partial charge in [0.1, 0.15) is 18.8 Å². The molecule has 3 heteroatoms. The van der Waals surface area contributed by atoms with E-state index in [2.05, 4.69) is 20.8 Å². The molecule has 1 aromatic rings. The highest BCUT2D eigenvalue weighted by atomic mass is 16.5. The molecule has 0 aliphatic heterocycles. The first-order chi connectivity index (χ1) is 9.45. The lowest BCUT2D eigenvalue weighted by Crippen LogP contribution is -2.08. The molecule has 0 spiro atoms. The number of carbonyl (C=O) groups is 2. The van der Waals surface area contributed by atoms with Gasteiger partial charge in [0.25, 0.3) is 0 Å². The van der Waals surface area contributed by atoms with E-state index in [0.717, 1.165) is 17.9 Å². The van der Waals surface area contributed by atoms with Gasteiger partial charge in [0, 0.05) is 0 Å². The first kappa shape index (κ1) is 18.4. The van der Waals surface area contributed by atoms with Gasteiger partial charge in [-0.15, -0.1) is 0 Å². The fraction of sp³-hybridized carbons (Fsp3) is 0.471. The standard InChI is InChI=1S/C11H12O3.C6H13/c1-9(12)7-11(13)14-8-10-5-3-2-4-6-10;1-4-5-6(2)3/h2-6H,7-8H2,1H3;6H,1,4-5H2,2-3H3. The molecule has 111 valence electrons. The predicted molar refractivity (Wildman–Crippen MR) is 81.0 cm³/mol. The number of rotatable bonds is 6. The summed E-state index contributed by atoms with van der Waals surface area (Å²) in [6, 6.07) is 9.35. The highest BCUT2D eigenvalue weighted by molar-refractivity contribution is 5.94. The lowest BCUT2D eigenvalue weighted by atomic mass is 10.1. The molecule has 0 bridgehead atoms. The summed E-state index contributed by atoms with van der Waals surface area (Å²) in [6.45, 7) is 9.75. The largest absolute Gasteiger partial charge is 0.460 e. The van der Waals surface area contributed by atoms with E-state index in [4.69, 9.17) is 4.74 Å². The van der Waals surface area contributed by atoms with Gasteiger partial charge in [-0.2, -0.15) is 0 Å². The van der Waals surface area contributed by atoms with Crippen LogP contribution >= 0.6 is 0 Å². The Hall–Kier alpha value is -1.64. The van der Waals surface area contributed by atoms with Gasteiger partial charge >= 0.3 is 5.97 Å². The minimum Gasteiger partial charge on any atom is -0.460 e. The van der Waals surface area contributed by atoms with Crippen LogP contribution in [0.2, 0.25) is 0 Å². The van der Waals surface area contributed by atoms with Crippen LogP contribution < -0.4 is 0 Å². The van der Waals surface area contributed by atoms with Crippen molar-refractivity contribution in [2.24, 2.45) is 5.92 Å². The SMILES string of the molecule is CC(=O)CC(=O)OCc1ccccc1.[CH2]CCC(C)C. The minimum atomic E-state index is -0.471. The van der Waals surface area contributed by atoms with Crippen LogP contribution in [0.5, 0.6) is 0 Å². The third kappa shape index (κ3) is 11.5. The normalized spacial score (nSPS) is 9.65. The van der Waals surface area contributed by atoms with E-state index in [0.29, 0.717) is 0 Å². The molecule has 0 unspecified atom stereocenters. The monoisotopic (exact) mass is 277 g/mol. The van der Waals surface area contributed by atoms with Crippen LogP contribution in [0.3, 0.4) is 0 Å². The second-order valence-electron chi connectivity index (χ2n) is 5.06. The van der Waals surface area contributed by atoms with Crippen LogP contribution in [-0.2, 0) is 20.9 Å². The molecule has 0 aliphatic rings. The molecule has 0 saturated carbocycles. The maximum atomic E-state index is 11.0. The average Bonchev–Trinajstić information content (AvgIpc) is 2.37. The summed E-state index contributed by atoms with van der Waals surface area (Å²) >= 11 is 0. The van der Waals surface area contributed by atoms with E-state index in [1.54, 1.807) is 0 Å². The van der Waals surface area contributed by atoms with Crippen molar-refractivity contribution in [3.63, 3.8) is 0 Å². The number of hydrogen-bond donors (Lipinski definition) is 0. The van der Waals surface area contributed by atoms with Crippen molar-refractivity contribution in [1.82, 2.24) is 0 Å². The smallest absolute Gasteiger partial charge is 0.313 e. The van der Waals surface area contributed by atoms with Crippen molar-refractivity contribution < 1.29 is 14.3 Å². The predicted octanol–water partition coefficient (Wildman–Crippen LogP) is 3.97. The fourth-order valence-corrected chi connectivity index (χ4v) is 1.40. The molecule has 1 aromatic carbocycles. The van der Waals surface area contributed by atoms with E-state index < -0.39 is 5.97 Å². The number of benzene rings is 1. The molecule has 0 heterocycles. The van der Waals surface area contributed by atoms with E-state index in [-0.39, 0.29) is 18.8 Å². The van der Waals surface area contributed by atoms with Crippen molar-refractivity contribution in [2.75, 3.05) is 0 Å². The van der Waals surface area contributed by atoms with Crippen LogP contribution in [-0.4, -0.2) is 11.8 Å². The van der Waals surface area contributed by atoms with Crippen molar-refractivity contribution in [3.05, 3.63) is 42.8 Å². The maximum Gasteiger partial charge on any atom is 0.313 e. The van der Waals surface area contributed by atoms with Gasteiger partial charge in [-0.05, 0) is 18.4 Å². The van der Waals surface area contributed by atoms with Crippen LogP contribution in [0.25, 0.3) is 0 Å². The van der Waals surface area contributed by atoms with E-state index in [1.165, 1.54) is 13.3 Å². The molecule has 0 fully saturated rings. The molecule has 1 rings (SSSR count). The molecule has 0 aliphatic carbocycles. The van der Waals surface area contributed by atoms with Gasteiger partial charge in [0.05, 0.1) is 0 Å². The van der Waals surface area contributed by atoms with Gasteiger partial charge < -0.3 is 4.74 Å². The molecule has 1 radical (unpaired) electrons. The van der Waals surface area contributed by atoms with E-state index in [1.807, 2.05) is 30.3 Å². The highest BCUT2D eigenvalue weighted by Crippen LogP contribution is 2.01. The number of Topliss-reactive ketones (excluding diaryl/α,β-unsaturated/α-hetero) is 1. The zero-order valence-electron chi connectivity index (χ0n) is 12.7. The number of ether oxygens (including phenoxy) is 1. The summed E-state index contributed by atoms with van der Waals surface area (Å²) in [5.74, 6) is 0.187. The molecule has 20 heavy (non-hydrogen) atoms. The van der Waals surface area contributed by atoms with Gasteiger partial charge in [-0.3, -0.25) is 9.59 Å². The van der Waals surface area contributed by atoms with Gasteiger partial charge in [-0.25, -0.2) is 0 Å². The summed E-state index contributed by atoms with van der Waals surface area (Å²) in [6.07, 6.45) is 2.20. The summed E-state index contributed by atoms with van der Waals surface area (Å²) in [5.41, 5.74) is 0.921. The van der Waals surface area contributed by atoms with Crippen LogP contribution in [0.4, 0.5) is 0 Å². The second-order valence-corrected chi connectivity index (χ2v) is 5.06. The second kappa shape index (κ2) is 11.2. The molecule has 0 atom stereocenters. The Morgan fingerprint density at radius 3 is 2.20 bits per heavy atom. The van der Waals surface area contributed by atoms with E-state index in [9.17, 15) is 9.59 Å². The Labute approximate surface area is 122 Å². The van der Waals surface area contributed by atoms with Crippen molar-refractivity contribution in [1.29, 1.82) is 0 Å². The van der Waals surface area contributed by atoms with Crippen molar-refractivity contribution in [2.45, 2.75) is 46.6 Å². The topological polar surface area (TPSA) is 43.4 Å². The number of carbonyl (C=O) groups excluding carboxylic acids is 2. The summed E-state index contributed by atoms with van der Waals surface area (Å²) < 4.78 is 4.88. The first-order valence-corrected chi connectivity index (χ1v) is 6.94. The Morgan fingerprint density at radius 2 is 1.80 bits per heavy atom. The zero-order chi connectivity index (χ0) is 15.4. The fourth-order valence-electron chi connectivity index (χ4n) is 1.40. The molecular formula is C17H25O3. The third-order valence-corrected chi connectivity index (χ3v) is 2.42. The molecule has 0 aromatic heterocycles. The quantitative estimate of drug-likeness (QED) is 0.584. The lowest BCUT2D eigenvalue weighted by molar-refractivity contribution is -0.146. The van der Waals surface area contributed by atoms with E-state index >= 15 is 0 Å². The highest BCUT2D eigenvalue weighted by Gasteiger charge is 2.05. The average molecular weight is 277 g/mol. The molecular weight excluding hydrogens is 252 g/mol. The molecule has 0 saturated heterocycles. The Morgan fingerprint density at radius 1 is 1.20 bits per heavy atom. The Bertz CT molecular complexity index is 382. The Balaban J connectivity index is 0.000000511. The number of esters is 1. The van der Waals surface area contributed by atoms with Gasteiger partial charge in [-0.1, -0.05) is 63.9 Å². The minimum absolute atomic E-state index is 0.146. The maximum absolute atomic E-state index is 11.0.